The third-order valence-electron chi connectivity index (χ3n) is 9.14. The Morgan fingerprint density at radius 1 is 0.593 bits per heavy atom. The van der Waals surface area contributed by atoms with Crippen molar-refractivity contribution in [3.8, 4) is 0 Å². The van der Waals surface area contributed by atoms with Crippen molar-refractivity contribution in [1.82, 2.24) is 39.4 Å². The number of hydrogen-bond donors (Lipinski definition) is 6. The average Bonchev–Trinajstić information content (AvgIpc) is 3.16. The summed E-state index contributed by atoms with van der Waals surface area (Å²) in [7, 11) is 0. The Bertz CT molecular complexity index is 2060. The van der Waals surface area contributed by atoms with Crippen LogP contribution in [-0.4, -0.2) is 94.1 Å². The van der Waals surface area contributed by atoms with E-state index in [9.17, 15) is 44.8 Å². The number of pyridine rings is 4. The summed E-state index contributed by atoms with van der Waals surface area (Å²) in [5, 5.41) is 47.2. The second kappa shape index (κ2) is 20.7. The summed E-state index contributed by atoms with van der Waals surface area (Å²) in [6.07, 6.45) is 2.76. The lowest BCUT2D eigenvalue weighted by molar-refractivity contribution is -0.121. The minimum Gasteiger partial charge on any atom is -0.425 e. The van der Waals surface area contributed by atoms with Gasteiger partial charge in [-0.05, 0) is 76.1 Å². The van der Waals surface area contributed by atoms with Crippen LogP contribution in [0.15, 0.2) is 92.0 Å². The molecule has 1 atom stereocenters. The maximum atomic E-state index is 12.9. The molecule has 6 N–H and O–H groups in total. The van der Waals surface area contributed by atoms with E-state index in [4.69, 9.17) is 0 Å². The van der Waals surface area contributed by atoms with Gasteiger partial charge in [0.1, 0.15) is 5.78 Å². The van der Waals surface area contributed by atoms with Crippen LogP contribution in [0.3, 0.4) is 0 Å². The fourth-order valence-electron chi connectivity index (χ4n) is 6.08. The number of hydrogen-bond acceptors (Lipinski definition) is 13. The summed E-state index contributed by atoms with van der Waals surface area (Å²) in [6, 6.07) is 17.3. The summed E-state index contributed by atoms with van der Waals surface area (Å²) in [5.74, 6) is -0.0422. The zero-order valence-electron chi connectivity index (χ0n) is 30.4. The lowest BCUT2D eigenvalue weighted by atomic mass is 10.1. The van der Waals surface area contributed by atoms with Gasteiger partial charge in [-0.3, -0.25) is 33.8 Å². The third kappa shape index (κ3) is 12.0. The molecule has 292 valence electrons. The average molecular weight is 751 g/mol. The van der Waals surface area contributed by atoms with Crippen LogP contribution in [0.1, 0.15) is 61.8 Å². The highest BCUT2D eigenvalue weighted by Gasteiger charge is 2.20. The third-order valence-corrected chi connectivity index (χ3v) is 9.14. The zero-order chi connectivity index (χ0) is 39.0. The first-order chi connectivity index (χ1) is 26.0. The van der Waals surface area contributed by atoms with Gasteiger partial charge in [0.05, 0.1) is 28.8 Å². The van der Waals surface area contributed by atoms with E-state index in [1.54, 1.807) is 49.4 Å². The Morgan fingerprint density at radius 3 is 1.48 bits per heavy atom. The highest BCUT2D eigenvalue weighted by atomic mass is 16.5. The molecule has 4 rings (SSSR count). The number of nitrogens with zero attached hydrogens (tertiary/aromatic N) is 6. The SMILES string of the molecule is CCC(=O)C(CCN(CCCCN(CCCNCc1cccc(=O)n1O)Cc1cccc(=O)n1O)Cc1cccc(=O)n1O)NCc1cccc(=O)n1O. The molecule has 0 radical (unpaired) electrons. The Morgan fingerprint density at radius 2 is 1.00 bits per heavy atom. The minimum atomic E-state index is -0.585. The number of aromatic nitrogens is 4. The fourth-order valence-corrected chi connectivity index (χ4v) is 6.08. The van der Waals surface area contributed by atoms with Gasteiger partial charge >= 0.3 is 0 Å². The number of unbranched alkanes of at least 4 members (excludes halogenated alkanes) is 1. The Hall–Kier alpha value is -5.49. The molecular weight excluding hydrogens is 700 g/mol. The second-order valence-electron chi connectivity index (χ2n) is 13.0. The minimum absolute atomic E-state index is 0.0422. The molecule has 0 fully saturated rings. The molecule has 17 heteroatoms. The number of rotatable bonds is 23. The molecule has 0 amide bonds. The first-order valence-electron chi connectivity index (χ1n) is 18.0. The molecule has 54 heavy (non-hydrogen) atoms. The normalized spacial score (nSPS) is 12.1. The molecule has 0 saturated carbocycles. The van der Waals surface area contributed by atoms with E-state index >= 15 is 0 Å². The summed E-state index contributed by atoms with van der Waals surface area (Å²) < 4.78 is 2.39. The zero-order valence-corrected chi connectivity index (χ0v) is 30.4. The van der Waals surface area contributed by atoms with Crippen LogP contribution in [-0.2, 0) is 31.0 Å². The molecule has 0 aliphatic carbocycles. The molecule has 0 saturated heterocycles. The molecule has 4 aromatic rings. The fraction of sp³-hybridized carbons (Fsp3) is 0.432. The number of ketones is 1. The first-order valence-corrected chi connectivity index (χ1v) is 18.0. The Balaban J connectivity index is 1.39. The van der Waals surface area contributed by atoms with Crippen molar-refractivity contribution in [2.75, 3.05) is 32.7 Å². The van der Waals surface area contributed by atoms with E-state index in [1.807, 2.05) is 4.90 Å². The summed E-state index contributed by atoms with van der Waals surface area (Å²) in [4.78, 5) is 64.9. The van der Waals surface area contributed by atoms with E-state index in [1.165, 1.54) is 30.3 Å². The quantitative estimate of drug-likeness (QED) is 0.0463. The van der Waals surface area contributed by atoms with E-state index in [-0.39, 0.29) is 31.8 Å². The lowest BCUT2D eigenvalue weighted by Crippen LogP contribution is -2.41. The van der Waals surface area contributed by atoms with Gasteiger partial charge in [0.2, 0.25) is 0 Å². The lowest BCUT2D eigenvalue weighted by Gasteiger charge is -2.27. The van der Waals surface area contributed by atoms with Gasteiger partial charge in [0.15, 0.2) is 0 Å². The van der Waals surface area contributed by atoms with E-state index in [0.29, 0.717) is 107 Å². The van der Waals surface area contributed by atoms with Crippen LogP contribution in [0.2, 0.25) is 0 Å². The van der Waals surface area contributed by atoms with Crippen molar-refractivity contribution in [3.63, 3.8) is 0 Å². The number of carbonyl (C=O) groups is 1. The van der Waals surface area contributed by atoms with E-state index in [2.05, 4.69) is 15.5 Å². The van der Waals surface area contributed by atoms with Gasteiger partial charge in [-0.15, -0.1) is 0 Å². The predicted octanol–water partition coefficient (Wildman–Crippen LogP) is 1.07. The monoisotopic (exact) mass is 750 g/mol. The van der Waals surface area contributed by atoms with Crippen LogP contribution >= 0.6 is 0 Å². The van der Waals surface area contributed by atoms with Crippen LogP contribution in [0.25, 0.3) is 0 Å². The van der Waals surface area contributed by atoms with Gasteiger partial charge in [0, 0.05) is 63.4 Å². The summed E-state index contributed by atoms with van der Waals surface area (Å²) in [5.41, 5.74) is -0.629. The molecule has 0 spiro atoms. The Labute approximate surface area is 311 Å². The summed E-state index contributed by atoms with van der Waals surface area (Å²) >= 11 is 0. The Kier molecular flexibility index (Phi) is 15.8. The summed E-state index contributed by atoms with van der Waals surface area (Å²) in [6.45, 7) is 5.43. The van der Waals surface area contributed by atoms with Crippen molar-refractivity contribution in [2.24, 2.45) is 0 Å². The van der Waals surface area contributed by atoms with Crippen molar-refractivity contribution in [3.05, 3.63) is 137 Å². The molecule has 17 nitrogen and oxygen atoms in total. The van der Waals surface area contributed by atoms with E-state index < -0.39 is 28.3 Å². The highest BCUT2D eigenvalue weighted by Crippen LogP contribution is 2.11. The molecule has 1 unspecified atom stereocenters. The predicted molar refractivity (Wildman–Crippen MR) is 198 cm³/mol. The topological polar surface area (TPSA) is 217 Å². The number of nitrogens with one attached hydrogen (secondary N) is 2. The molecule has 0 aliphatic heterocycles. The van der Waals surface area contributed by atoms with Crippen LogP contribution in [0.4, 0.5) is 0 Å². The molecule has 0 aromatic carbocycles. The highest BCUT2D eigenvalue weighted by molar-refractivity contribution is 5.83. The standard InChI is InChI=1S/C37H50N8O9/c1-2-33(46)32(39-25-29-11-6-15-35(48)43(29)52)18-23-41(27-31-13-8-17-37(50)45(31)54)21-4-3-20-40(26-30-12-7-16-36(49)44(30)53)22-9-19-38-24-28-10-5-14-34(47)42(28)51/h5-8,10-17,32,38-39,51-54H,2-4,9,18-27H2,1H3. The number of Topliss-reactive ketones (excluding diaryl/α,β-unsaturated/α-hetero) is 1. The van der Waals surface area contributed by atoms with Gasteiger partial charge < -0.3 is 31.5 Å². The second-order valence-corrected chi connectivity index (χ2v) is 13.0. The molecule has 0 aliphatic rings. The molecule has 4 heterocycles. The van der Waals surface area contributed by atoms with Crippen LogP contribution < -0.4 is 32.9 Å². The maximum Gasteiger partial charge on any atom is 0.283 e. The first kappa shape index (κ1) is 41.3. The van der Waals surface area contributed by atoms with Crippen LogP contribution in [0.5, 0.6) is 0 Å². The largest absolute Gasteiger partial charge is 0.425 e. The van der Waals surface area contributed by atoms with Crippen molar-refractivity contribution < 1.29 is 25.6 Å². The van der Waals surface area contributed by atoms with Gasteiger partial charge in [-0.2, -0.15) is 18.9 Å². The van der Waals surface area contributed by atoms with E-state index in [0.717, 1.165) is 0 Å². The van der Waals surface area contributed by atoms with Gasteiger partial charge in [0.25, 0.3) is 22.2 Å². The van der Waals surface area contributed by atoms with Gasteiger partial charge in [-0.25, -0.2) is 0 Å². The molecule has 4 aromatic heterocycles. The number of carbonyl (C=O) groups excluding carboxylic acids is 1. The van der Waals surface area contributed by atoms with Crippen molar-refractivity contribution in [2.45, 2.75) is 71.2 Å². The van der Waals surface area contributed by atoms with Crippen molar-refractivity contribution in [1.29, 1.82) is 0 Å². The smallest absolute Gasteiger partial charge is 0.283 e. The van der Waals surface area contributed by atoms with Crippen LogP contribution in [0, 0.1) is 0 Å². The molecule has 0 bridgehead atoms. The van der Waals surface area contributed by atoms with Crippen molar-refractivity contribution >= 4 is 5.78 Å². The van der Waals surface area contributed by atoms with Gasteiger partial charge in [-0.1, -0.05) is 31.2 Å². The maximum absolute atomic E-state index is 12.9. The molecular formula is C37H50N8O9.